The highest BCUT2D eigenvalue weighted by Crippen LogP contribution is 2.27. The lowest BCUT2D eigenvalue weighted by Crippen LogP contribution is -2.35. The maximum absolute atomic E-state index is 11.6. The number of benzene rings is 1. The van der Waals surface area contributed by atoms with Gasteiger partial charge in [0.15, 0.2) is 11.5 Å². The van der Waals surface area contributed by atoms with Gasteiger partial charge in [-0.3, -0.25) is 0 Å². The maximum Gasteiger partial charge on any atom is 0.338 e. The highest BCUT2D eigenvalue weighted by Gasteiger charge is 2.12. The van der Waals surface area contributed by atoms with E-state index in [-0.39, 0.29) is 5.75 Å². The summed E-state index contributed by atoms with van der Waals surface area (Å²) in [5.41, 5.74) is 0.381. The monoisotopic (exact) mass is 282 g/mol. The topological polar surface area (TPSA) is 55.8 Å². The Hall–Kier alpha value is -1.75. The lowest BCUT2D eigenvalue weighted by Gasteiger charge is -2.23. The summed E-state index contributed by atoms with van der Waals surface area (Å²) < 4.78 is 11.3. The summed E-state index contributed by atoms with van der Waals surface area (Å²) in [6.45, 7) is 3.54. The van der Waals surface area contributed by atoms with Crippen LogP contribution in [0.5, 0.6) is 11.5 Å². The normalized spacial score (nSPS) is 11.2. The van der Waals surface area contributed by atoms with E-state index in [1.165, 1.54) is 18.2 Å². The standard InChI is InChI=1S/C15H23NO4/c1-5-19-15(18)12-7-8-13(17)14(11-12)20-10-6-9-16(2,3)4/h7-8,11H,5-6,9-10H2,1-4H3/p+1. The van der Waals surface area contributed by atoms with Gasteiger partial charge in [0.05, 0.1) is 46.5 Å². The van der Waals surface area contributed by atoms with Gasteiger partial charge in [0, 0.05) is 6.42 Å². The molecule has 1 N–H and O–H groups in total. The van der Waals surface area contributed by atoms with Crippen LogP contribution in [0.15, 0.2) is 18.2 Å². The van der Waals surface area contributed by atoms with Gasteiger partial charge in [-0.05, 0) is 25.1 Å². The van der Waals surface area contributed by atoms with Crippen LogP contribution in [0.1, 0.15) is 23.7 Å². The number of carbonyl (C=O) groups is 1. The van der Waals surface area contributed by atoms with Crippen molar-refractivity contribution >= 4 is 5.97 Å². The molecule has 0 aliphatic carbocycles. The molecule has 0 saturated heterocycles. The number of phenolic OH excluding ortho intramolecular Hbond substituents is 1. The molecular formula is C15H24NO4+. The van der Waals surface area contributed by atoms with Crippen molar-refractivity contribution in [2.45, 2.75) is 13.3 Å². The minimum atomic E-state index is -0.413. The number of nitrogens with zero attached hydrogens (tertiary/aromatic N) is 1. The van der Waals surface area contributed by atoms with E-state index in [4.69, 9.17) is 9.47 Å². The molecular weight excluding hydrogens is 258 g/mol. The number of carbonyl (C=O) groups excluding carboxylic acids is 1. The number of ether oxygens (including phenoxy) is 2. The molecule has 0 bridgehead atoms. The molecule has 0 aromatic heterocycles. The largest absolute Gasteiger partial charge is 0.504 e. The first-order valence-electron chi connectivity index (χ1n) is 6.77. The Kier molecular flexibility index (Phi) is 5.82. The Labute approximate surface area is 120 Å². The molecule has 0 spiro atoms. The first kappa shape index (κ1) is 16.3. The van der Waals surface area contributed by atoms with Gasteiger partial charge in [-0.25, -0.2) is 4.79 Å². The fourth-order valence-corrected chi connectivity index (χ4v) is 1.69. The van der Waals surface area contributed by atoms with Crippen LogP contribution >= 0.6 is 0 Å². The number of aromatic hydroxyl groups is 1. The maximum atomic E-state index is 11.6. The van der Waals surface area contributed by atoms with Gasteiger partial charge < -0.3 is 19.1 Å². The Morgan fingerprint density at radius 2 is 2.00 bits per heavy atom. The van der Waals surface area contributed by atoms with E-state index in [1.54, 1.807) is 6.92 Å². The zero-order chi connectivity index (χ0) is 15.2. The molecule has 20 heavy (non-hydrogen) atoms. The summed E-state index contributed by atoms with van der Waals surface area (Å²) in [4.78, 5) is 11.6. The fourth-order valence-electron chi connectivity index (χ4n) is 1.69. The molecule has 0 atom stereocenters. The molecule has 0 aliphatic rings. The van der Waals surface area contributed by atoms with Crippen LogP contribution in [0.25, 0.3) is 0 Å². The minimum Gasteiger partial charge on any atom is -0.504 e. The van der Waals surface area contributed by atoms with E-state index in [1.807, 2.05) is 0 Å². The summed E-state index contributed by atoms with van der Waals surface area (Å²) in [6, 6.07) is 4.48. The molecule has 0 fully saturated rings. The molecule has 0 amide bonds. The van der Waals surface area contributed by atoms with Gasteiger partial charge in [-0.15, -0.1) is 0 Å². The summed E-state index contributed by atoms with van der Waals surface area (Å²) in [7, 11) is 6.33. The van der Waals surface area contributed by atoms with Gasteiger partial charge in [-0.1, -0.05) is 0 Å². The summed E-state index contributed by atoms with van der Waals surface area (Å²) >= 11 is 0. The first-order valence-corrected chi connectivity index (χ1v) is 6.77. The Morgan fingerprint density at radius 3 is 2.60 bits per heavy atom. The molecule has 5 nitrogen and oxygen atoms in total. The molecule has 5 heteroatoms. The summed E-state index contributed by atoms with van der Waals surface area (Å²) in [5.74, 6) is -0.0658. The van der Waals surface area contributed by atoms with Crippen molar-refractivity contribution in [2.24, 2.45) is 0 Å². The molecule has 0 heterocycles. The third kappa shape index (κ3) is 5.48. The van der Waals surface area contributed by atoms with Gasteiger partial charge >= 0.3 is 5.97 Å². The van der Waals surface area contributed by atoms with Crippen LogP contribution in [0.3, 0.4) is 0 Å². The smallest absolute Gasteiger partial charge is 0.338 e. The average molecular weight is 282 g/mol. The van der Waals surface area contributed by atoms with Crippen molar-refractivity contribution in [3.8, 4) is 11.5 Å². The van der Waals surface area contributed by atoms with E-state index >= 15 is 0 Å². The number of quaternary nitrogens is 1. The van der Waals surface area contributed by atoms with Crippen molar-refractivity contribution in [2.75, 3.05) is 40.9 Å². The zero-order valence-corrected chi connectivity index (χ0v) is 12.7. The highest BCUT2D eigenvalue weighted by atomic mass is 16.5. The van der Waals surface area contributed by atoms with Crippen LogP contribution in [-0.2, 0) is 4.74 Å². The van der Waals surface area contributed by atoms with Gasteiger partial charge in [0.25, 0.3) is 0 Å². The number of phenols is 1. The zero-order valence-electron chi connectivity index (χ0n) is 12.7. The predicted octanol–water partition coefficient (Wildman–Crippen LogP) is 2.04. The van der Waals surface area contributed by atoms with Crippen molar-refractivity contribution in [1.82, 2.24) is 0 Å². The van der Waals surface area contributed by atoms with Crippen molar-refractivity contribution in [3.63, 3.8) is 0 Å². The molecule has 1 aromatic rings. The molecule has 0 aliphatic heterocycles. The van der Waals surface area contributed by atoms with Crippen LogP contribution in [0.4, 0.5) is 0 Å². The number of esters is 1. The van der Waals surface area contributed by atoms with Gasteiger partial charge in [-0.2, -0.15) is 0 Å². The Bertz CT molecular complexity index is 452. The van der Waals surface area contributed by atoms with Crippen molar-refractivity contribution < 1.29 is 23.9 Å². The van der Waals surface area contributed by atoms with Crippen LogP contribution in [0.2, 0.25) is 0 Å². The summed E-state index contributed by atoms with van der Waals surface area (Å²) in [6.07, 6.45) is 0.868. The third-order valence-electron chi connectivity index (χ3n) is 2.70. The molecule has 1 aromatic carbocycles. The van der Waals surface area contributed by atoms with Crippen LogP contribution in [-0.4, -0.2) is 56.5 Å². The minimum absolute atomic E-state index is 0.0308. The van der Waals surface area contributed by atoms with E-state index in [0.29, 0.717) is 24.5 Å². The van der Waals surface area contributed by atoms with Crippen molar-refractivity contribution in [1.29, 1.82) is 0 Å². The SMILES string of the molecule is CCOC(=O)c1ccc(O)c(OCCC[N+](C)(C)C)c1. The molecule has 112 valence electrons. The highest BCUT2D eigenvalue weighted by molar-refractivity contribution is 5.90. The molecule has 1 rings (SSSR count). The fraction of sp³-hybridized carbons (Fsp3) is 0.533. The number of hydrogen-bond donors (Lipinski definition) is 1. The van der Waals surface area contributed by atoms with Gasteiger partial charge in [0.2, 0.25) is 0 Å². The molecule has 0 radical (unpaired) electrons. The predicted molar refractivity (Wildman–Crippen MR) is 77.1 cm³/mol. The second kappa shape index (κ2) is 7.14. The quantitative estimate of drug-likeness (QED) is 0.472. The Morgan fingerprint density at radius 1 is 1.30 bits per heavy atom. The molecule has 0 saturated carbocycles. The molecule has 0 unspecified atom stereocenters. The lowest BCUT2D eigenvalue weighted by atomic mass is 10.2. The number of hydrogen-bond acceptors (Lipinski definition) is 4. The van der Waals surface area contributed by atoms with E-state index < -0.39 is 5.97 Å². The second-order valence-electron chi connectivity index (χ2n) is 5.62. The lowest BCUT2D eigenvalue weighted by molar-refractivity contribution is -0.870. The van der Waals surface area contributed by atoms with E-state index in [9.17, 15) is 9.90 Å². The van der Waals surface area contributed by atoms with Crippen LogP contribution < -0.4 is 4.74 Å². The van der Waals surface area contributed by atoms with E-state index in [2.05, 4.69) is 21.1 Å². The Balaban J connectivity index is 2.61. The second-order valence-corrected chi connectivity index (χ2v) is 5.62. The van der Waals surface area contributed by atoms with Crippen molar-refractivity contribution in [3.05, 3.63) is 23.8 Å². The third-order valence-corrected chi connectivity index (χ3v) is 2.70. The van der Waals surface area contributed by atoms with E-state index in [0.717, 1.165) is 17.4 Å². The van der Waals surface area contributed by atoms with Crippen LogP contribution in [0, 0.1) is 0 Å². The average Bonchev–Trinajstić information content (AvgIpc) is 2.35. The number of rotatable bonds is 7. The summed E-state index contributed by atoms with van der Waals surface area (Å²) in [5, 5.41) is 9.72. The first-order chi connectivity index (χ1) is 9.33. The van der Waals surface area contributed by atoms with Gasteiger partial charge in [0.1, 0.15) is 0 Å².